The molecule has 2 fully saturated rings. The van der Waals surface area contributed by atoms with Gasteiger partial charge in [0.1, 0.15) is 0 Å². The summed E-state index contributed by atoms with van der Waals surface area (Å²) in [5, 5.41) is 0. The number of likely N-dealkylation sites (N-methyl/N-ethyl adjacent to an activating group) is 1. The van der Waals surface area contributed by atoms with Gasteiger partial charge in [-0.05, 0) is 33.0 Å². The van der Waals surface area contributed by atoms with E-state index in [-0.39, 0.29) is 0 Å². The molecule has 2 N–H and O–H groups in total. The van der Waals surface area contributed by atoms with Gasteiger partial charge >= 0.3 is 0 Å². The Labute approximate surface area is 106 Å². The lowest BCUT2D eigenvalue weighted by Crippen LogP contribution is -2.56. The van der Waals surface area contributed by atoms with Crippen LogP contribution in [0.5, 0.6) is 0 Å². The van der Waals surface area contributed by atoms with E-state index < -0.39 is 0 Å². The van der Waals surface area contributed by atoms with Crippen molar-refractivity contribution in [2.45, 2.75) is 25.3 Å². The molecule has 0 radical (unpaired) electrons. The third kappa shape index (κ3) is 3.91. The molecule has 2 heterocycles. The minimum atomic E-state index is 0.568. The van der Waals surface area contributed by atoms with E-state index >= 15 is 0 Å². The second-order valence-corrected chi connectivity index (χ2v) is 5.59. The topological polar surface area (TPSA) is 35.7 Å². The van der Waals surface area contributed by atoms with Crippen LogP contribution in [0.1, 0.15) is 19.3 Å². The molecule has 1 atom stereocenters. The van der Waals surface area contributed by atoms with E-state index in [2.05, 4.69) is 21.7 Å². The number of nitrogens with zero attached hydrogens (tertiary/aromatic N) is 3. The first kappa shape index (κ1) is 13.3. The highest BCUT2D eigenvalue weighted by molar-refractivity contribution is 4.82. The summed E-state index contributed by atoms with van der Waals surface area (Å²) in [5.41, 5.74) is 5.88. The van der Waals surface area contributed by atoms with E-state index in [4.69, 9.17) is 5.73 Å². The monoisotopic (exact) mass is 240 g/mol. The van der Waals surface area contributed by atoms with E-state index in [1.807, 2.05) is 0 Å². The first-order valence-electron chi connectivity index (χ1n) is 7.14. The Hall–Kier alpha value is -0.160. The van der Waals surface area contributed by atoms with Gasteiger partial charge in [-0.2, -0.15) is 0 Å². The van der Waals surface area contributed by atoms with Gasteiger partial charge in [0.15, 0.2) is 0 Å². The number of hydrogen-bond donors (Lipinski definition) is 1. The average Bonchev–Trinajstić information content (AvgIpc) is 2.38. The van der Waals surface area contributed by atoms with Gasteiger partial charge in [-0.15, -0.1) is 0 Å². The van der Waals surface area contributed by atoms with Crippen LogP contribution in [0.2, 0.25) is 0 Å². The fourth-order valence-electron chi connectivity index (χ4n) is 3.02. The molecule has 0 spiro atoms. The van der Waals surface area contributed by atoms with Crippen LogP contribution in [0.25, 0.3) is 0 Å². The number of rotatable bonds is 4. The molecule has 0 aromatic carbocycles. The van der Waals surface area contributed by atoms with Crippen LogP contribution in [0.4, 0.5) is 0 Å². The van der Waals surface area contributed by atoms with Gasteiger partial charge in [-0.3, -0.25) is 4.90 Å². The SMILES string of the molecule is CN1CCN(CCN2CCCCC2)C(CN)C1. The Morgan fingerprint density at radius 2 is 1.76 bits per heavy atom. The molecule has 0 aromatic heterocycles. The van der Waals surface area contributed by atoms with Gasteiger partial charge in [0, 0.05) is 45.3 Å². The third-order valence-electron chi connectivity index (χ3n) is 4.23. The summed E-state index contributed by atoms with van der Waals surface area (Å²) in [7, 11) is 2.20. The van der Waals surface area contributed by atoms with Crippen molar-refractivity contribution >= 4 is 0 Å². The zero-order valence-corrected chi connectivity index (χ0v) is 11.3. The lowest BCUT2D eigenvalue weighted by Gasteiger charge is -2.40. The third-order valence-corrected chi connectivity index (χ3v) is 4.23. The van der Waals surface area contributed by atoms with Crippen molar-refractivity contribution in [3.8, 4) is 0 Å². The van der Waals surface area contributed by atoms with E-state index in [1.165, 1.54) is 58.5 Å². The maximum Gasteiger partial charge on any atom is 0.0346 e. The predicted octanol–water partition coefficient (Wildman–Crippen LogP) is 0.0470. The zero-order chi connectivity index (χ0) is 12.1. The summed E-state index contributed by atoms with van der Waals surface area (Å²) in [6.45, 7) is 9.36. The average molecular weight is 240 g/mol. The molecule has 0 aromatic rings. The van der Waals surface area contributed by atoms with Crippen LogP contribution in [0.15, 0.2) is 0 Å². The highest BCUT2D eigenvalue weighted by Gasteiger charge is 2.24. The van der Waals surface area contributed by atoms with Crippen LogP contribution in [0, 0.1) is 0 Å². The zero-order valence-electron chi connectivity index (χ0n) is 11.3. The van der Waals surface area contributed by atoms with Gasteiger partial charge in [0.05, 0.1) is 0 Å². The van der Waals surface area contributed by atoms with Crippen molar-refractivity contribution in [1.29, 1.82) is 0 Å². The van der Waals surface area contributed by atoms with Crippen LogP contribution >= 0.6 is 0 Å². The molecule has 4 heteroatoms. The van der Waals surface area contributed by atoms with E-state index in [1.54, 1.807) is 0 Å². The molecule has 17 heavy (non-hydrogen) atoms. The molecule has 1 unspecified atom stereocenters. The molecule has 0 amide bonds. The minimum absolute atomic E-state index is 0.568. The van der Waals surface area contributed by atoms with Crippen LogP contribution in [0.3, 0.4) is 0 Å². The van der Waals surface area contributed by atoms with Crippen LogP contribution < -0.4 is 5.73 Å². The van der Waals surface area contributed by atoms with Crippen molar-refractivity contribution in [2.75, 3.05) is 59.4 Å². The minimum Gasteiger partial charge on any atom is -0.329 e. The molecule has 2 aliphatic heterocycles. The van der Waals surface area contributed by atoms with Crippen LogP contribution in [-0.4, -0.2) is 80.1 Å². The lowest BCUT2D eigenvalue weighted by atomic mass is 10.1. The Balaban J connectivity index is 1.73. The molecule has 2 aliphatic rings. The maximum atomic E-state index is 5.88. The first-order chi connectivity index (χ1) is 8.29. The van der Waals surface area contributed by atoms with E-state index in [0.717, 1.165) is 13.1 Å². The highest BCUT2D eigenvalue weighted by atomic mass is 15.3. The predicted molar refractivity (Wildman–Crippen MR) is 72.2 cm³/mol. The maximum absolute atomic E-state index is 5.88. The summed E-state index contributed by atoms with van der Waals surface area (Å²) in [6.07, 6.45) is 4.21. The Morgan fingerprint density at radius 3 is 2.47 bits per heavy atom. The van der Waals surface area contributed by atoms with Gasteiger partial charge in [-0.1, -0.05) is 6.42 Å². The van der Waals surface area contributed by atoms with Crippen molar-refractivity contribution in [3.63, 3.8) is 0 Å². The van der Waals surface area contributed by atoms with Crippen LogP contribution in [-0.2, 0) is 0 Å². The molecule has 100 valence electrons. The smallest absolute Gasteiger partial charge is 0.0346 e. The van der Waals surface area contributed by atoms with E-state index in [9.17, 15) is 0 Å². The van der Waals surface area contributed by atoms with Crippen molar-refractivity contribution in [2.24, 2.45) is 5.73 Å². The van der Waals surface area contributed by atoms with E-state index in [0.29, 0.717) is 6.04 Å². The summed E-state index contributed by atoms with van der Waals surface area (Å²) in [5.74, 6) is 0. The normalized spacial score (nSPS) is 29.6. The number of piperazine rings is 1. The van der Waals surface area contributed by atoms with Gasteiger partial charge in [-0.25, -0.2) is 0 Å². The summed E-state index contributed by atoms with van der Waals surface area (Å²) in [6, 6.07) is 0.568. The Kier molecular flexibility index (Phi) is 5.22. The molecule has 0 saturated carbocycles. The largest absolute Gasteiger partial charge is 0.329 e. The number of piperidine rings is 1. The Bertz CT molecular complexity index is 215. The molecular formula is C13H28N4. The molecule has 4 nitrogen and oxygen atoms in total. The summed E-state index contributed by atoms with van der Waals surface area (Å²) >= 11 is 0. The number of likely N-dealkylation sites (tertiary alicyclic amines) is 1. The van der Waals surface area contributed by atoms with Gasteiger partial charge < -0.3 is 15.5 Å². The number of nitrogens with two attached hydrogens (primary N) is 1. The summed E-state index contributed by atoms with van der Waals surface area (Å²) < 4.78 is 0. The molecule has 2 rings (SSSR count). The second-order valence-electron chi connectivity index (χ2n) is 5.59. The fourth-order valence-corrected chi connectivity index (χ4v) is 3.02. The molecular weight excluding hydrogens is 212 g/mol. The first-order valence-corrected chi connectivity index (χ1v) is 7.14. The second kappa shape index (κ2) is 6.69. The lowest BCUT2D eigenvalue weighted by molar-refractivity contribution is 0.0797. The standard InChI is InChI=1S/C13H28N4/c1-15-7-9-17(13(11-14)12-15)10-8-16-5-3-2-4-6-16/h13H,2-12,14H2,1H3. The van der Waals surface area contributed by atoms with Gasteiger partial charge in [0.25, 0.3) is 0 Å². The number of hydrogen-bond acceptors (Lipinski definition) is 4. The Morgan fingerprint density at radius 1 is 1.00 bits per heavy atom. The molecule has 0 aliphatic carbocycles. The quantitative estimate of drug-likeness (QED) is 0.753. The van der Waals surface area contributed by atoms with Crippen molar-refractivity contribution < 1.29 is 0 Å². The van der Waals surface area contributed by atoms with Gasteiger partial charge in [0.2, 0.25) is 0 Å². The highest BCUT2D eigenvalue weighted by Crippen LogP contribution is 2.11. The van der Waals surface area contributed by atoms with Crippen molar-refractivity contribution in [1.82, 2.24) is 14.7 Å². The summed E-state index contributed by atoms with van der Waals surface area (Å²) in [4.78, 5) is 7.61. The molecule has 0 bridgehead atoms. The molecule has 2 saturated heterocycles. The fraction of sp³-hybridized carbons (Fsp3) is 1.00. The van der Waals surface area contributed by atoms with Crippen molar-refractivity contribution in [3.05, 3.63) is 0 Å².